The molecule has 2 nitrogen and oxygen atoms in total. The fourth-order valence-corrected chi connectivity index (χ4v) is 2.82. The van der Waals surface area contributed by atoms with Crippen LogP contribution >= 0.6 is 0 Å². The Morgan fingerprint density at radius 1 is 1.19 bits per heavy atom. The van der Waals surface area contributed by atoms with Crippen LogP contribution < -0.4 is 0 Å². The van der Waals surface area contributed by atoms with Crippen LogP contribution in [-0.4, -0.2) is 18.5 Å². The van der Waals surface area contributed by atoms with E-state index in [0.717, 1.165) is 18.4 Å². The van der Waals surface area contributed by atoms with Gasteiger partial charge in [-0.15, -0.1) is 0 Å². The van der Waals surface area contributed by atoms with Crippen molar-refractivity contribution in [3.05, 3.63) is 0 Å². The molecule has 16 heavy (non-hydrogen) atoms. The van der Waals surface area contributed by atoms with Gasteiger partial charge < -0.3 is 9.47 Å². The van der Waals surface area contributed by atoms with Crippen molar-refractivity contribution in [1.29, 1.82) is 0 Å². The summed E-state index contributed by atoms with van der Waals surface area (Å²) < 4.78 is 11.5. The van der Waals surface area contributed by atoms with Gasteiger partial charge >= 0.3 is 0 Å². The molecule has 0 aromatic carbocycles. The predicted molar refractivity (Wildman–Crippen MR) is 65.3 cm³/mol. The molecule has 0 unspecified atom stereocenters. The summed E-state index contributed by atoms with van der Waals surface area (Å²) in [7, 11) is 0. The molecule has 0 spiro atoms. The van der Waals surface area contributed by atoms with Gasteiger partial charge in [0.15, 0.2) is 5.79 Å². The standard InChI is InChI=1S/C14H26O2/c1-4-5-6-7-8-11-9-12(11)13-10-15-14(2,3)16-13/h11-13H,4-10H2,1-3H3/t11-,12+,13+/m0/s1. The third kappa shape index (κ3) is 3.21. The first-order valence-electron chi connectivity index (χ1n) is 6.94. The van der Waals surface area contributed by atoms with Crippen molar-refractivity contribution < 1.29 is 9.47 Å². The molecule has 2 rings (SSSR count). The minimum Gasteiger partial charge on any atom is -0.348 e. The Morgan fingerprint density at radius 2 is 2.00 bits per heavy atom. The Bertz CT molecular complexity index is 225. The first-order chi connectivity index (χ1) is 7.62. The second-order valence-corrected chi connectivity index (χ2v) is 5.88. The predicted octanol–water partition coefficient (Wildman–Crippen LogP) is 3.74. The number of rotatable bonds is 6. The van der Waals surface area contributed by atoms with E-state index in [0.29, 0.717) is 6.10 Å². The lowest BCUT2D eigenvalue weighted by Crippen LogP contribution is -2.22. The van der Waals surface area contributed by atoms with E-state index in [1.165, 1.54) is 38.5 Å². The van der Waals surface area contributed by atoms with Gasteiger partial charge in [-0.3, -0.25) is 0 Å². The Labute approximate surface area is 99.7 Å². The largest absolute Gasteiger partial charge is 0.348 e. The first kappa shape index (κ1) is 12.4. The maximum absolute atomic E-state index is 5.91. The van der Waals surface area contributed by atoms with Gasteiger partial charge in [0.05, 0.1) is 12.7 Å². The monoisotopic (exact) mass is 226 g/mol. The Balaban J connectivity index is 1.60. The van der Waals surface area contributed by atoms with Crippen LogP contribution in [0.1, 0.15) is 59.3 Å². The molecule has 3 atom stereocenters. The van der Waals surface area contributed by atoms with Gasteiger partial charge in [-0.05, 0) is 32.1 Å². The average molecular weight is 226 g/mol. The second-order valence-electron chi connectivity index (χ2n) is 5.88. The lowest BCUT2D eigenvalue weighted by Gasteiger charge is -2.17. The van der Waals surface area contributed by atoms with Gasteiger partial charge in [0.1, 0.15) is 0 Å². The van der Waals surface area contributed by atoms with E-state index >= 15 is 0 Å². The van der Waals surface area contributed by atoms with E-state index < -0.39 is 0 Å². The van der Waals surface area contributed by atoms with E-state index in [-0.39, 0.29) is 5.79 Å². The summed E-state index contributed by atoms with van der Waals surface area (Å²) in [6.07, 6.45) is 8.71. The van der Waals surface area contributed by atoms with Crippen molar-refractivity contribution >= 4 is 0 Å². The van der Waals surface area contributed by atoms with E-state index in [1.807, 2.05) is 13.8 Å². The highest BCUT2D eigenvalue weighted by Crippen LogP contribution is 2.48. The van der Waals surface area contributed by atoms with Crippen molar-refractivity contribution in [3.8, 4) is 0 Å². The molecule has 1 heterocycles. The second kappa shape index (κ2) is 5.05. The summed E-state index contributed by atoms with van der Waals surface area (Å²) in [5.74, 6) is 1.39. The van der Waals surface area contributed by atoms with Crippen molar-refractivity contribution in [1.82, 2.24) is 0 Å². The van der Waals surface area contributed by atoms with E-state index in [4.69, 9.17) is 9.47 Å². The molecule has 2 aliphatic rings. The molecule has 94 valence electrons. The third-order valence-corrected chi connectivity index (χ3v) is 3.91. The number of hydrogen-bond donors (Lipinski definition) is 0. The van der Waals surface area contributed by atoms with Gasteiger partial charge in [-0.1, -0.05) is 39.0 Å². The van der Waals surface area contributed by atoms with Crippen molar-refractivity contribution in [2.24, 2.45) is 11.8 Å². The molecule has 2 fully saturated rings. The maximum atomic E-state index is 5.91. The summed E-state index contributed by atoms with van der Waals surface area (Å²) in [4.78, 5) is 0. The van der Waals surface area contributed by atoms with Crippen LogP contribution in [0.5, 0.6) is 0 Å². The summed E-state index contributed by atoms with van der Waals surface area (Å²) in [6.45, 7) is 7.12. The van der Waals surface area contributed by atoms with Crippen LogP contribution in [0.3, 0.4) is 0 Å². The zero-order valence-electron chi connectivity index (χ0n) is 11.0. The van der Waals surface area contributed by atoms with Crippen molar-refractivity contribution in [2.75, 3.05) is 6.61 Å². The third-order valence-electron chi connectivity index (χ3n) is 3.91. The van der Waals surface area contributed by atoms with Gasteiger partial charge in [0, 0.05) is 0 Å². The minimum atomic E-state index is -0.333. The molecule has 0 bridgehead atoms. The molecular formula is C14H26O2. The number of ether oxygens (including phenoxy) is 2. The van der Waals surface area contributed by atoms with Crippen LogP contribution in [0, 0.1) is 11.8 Å². The fraction of sp³-hybridized carbons (Fsp3) is 1.00. The molecule has 0 radical (unpaired) electrons. The highest BCUT2D eigenvalue weighted by Gasteiger charge is 2.48. The molecule has 1 saturated heterocycles. The van der Waals surface area contributed by atoms with Gasteiger partial charge in [-0.25, -0.2) is 0 Å². The highest BCUT2D eigenvalue weighted by molar-refractivity contribution is 4.94. The van der Waals surface area contributed by atoms with Crippen LogP contribution in [0.2, 0.25) is 0 Å². The first-order valence-corrected chi connectivity index (χ1v) is 6.94. The SMILES string of the molecule is CCCCCC[C@H]1C[C@H]1[C@H]1COC(C)(C)O1. The molecule has 0 N–H and O–H groups in total. The van der Waals surface area contributed by atoms with Crippen LogP contribution in [0.4, 0.5) is 0 Å². The Hall–Kier alpha value is -0.0800. The summed E-state index contributed by atoms with van der Waals surface area (Å²) in [6, 6.07) is 0. The van der Waals surface area contributed by atoms with Crippen molar-refractivity contribution in [3.63, 3.8) is 0 Å². The molecule has 2 heteroatoms. The Kier molecular flexibility index (Phi) is 3.91. The molecule has 1 aliphatic heterocycles. The zero-order chi connectivity index (χ0) is 11.6. The topological polar surface area (TPSA) is 18.5 Å². The average Bonchev–Trinajstić information content (AvgIpc) is 2.91. The van der Waals surface area contributed by atoms with E-state index in [1.54, 1.807) is 0 Å². The fourth-order valence-electron chi connectivity index (χ4n) is 2.82. The normalized spacial score (nSPS) is 36.6. The number of hydrogen-bond acceptors (Lipinski definition) is 2. The molecular weight excluding hydrogens is 200 g/mol. The van der Waals surface area contributed by atoms with Crippen molar-refractivity contribution in [2.45, 2.75) is 71.2 Å². The minimum absolute atomic E-state index is 0.333. The number of unbranched alkanes of at least 4 members (excludes halogenated alkanes) is 3. The molecule has 0 aromatic rings. The highest BCUT2D eigenvalue weighted by atomic mass is 16.7. The lowest BCUT2D eigenvalue weighted by molar-refractivity contribution is -0.141. The molecule has 0 aromatic heterocycles. The molecule has 1 aliphatic carbocycles. The van der Waals surface area contributed by atoms with E-state index in [2.05, 4.69) is 6.92 Å². The van der Waals surface area contributed by atoms with E-state index in [9.17, 15) is 0 Å². The van der Waals surface area contributed by atoms with Crippen LogP contribution in [0.25, 0.3) is 0 Å². The van der Waals surface area contributed by atoms with Crippen LogP contribution in [0.15, 0.2) is 0 Å². The van der Waals surface area contributed by atoms with Gasteiger partial charge in [-0.2, -0.15) is 0 Å². The van der Waals surface area contributed by atoms with Crippen LogP contribution in [-0.2, 0) is 9.47 Å². The smallest absolute Gasteiger partial charge is 0.163 e. The molecule has 0 amide bonds. The molecule has 1 saturated carbocycles. The summed E-state index contributed by atoms with van der Waals surface area (Å²) in [5.41, 5.74) is 0. The Morgan fingerprint density at radius 3 is 2.62 bits per heavy atom. The van der Waals surface area contributed by atoms with Gasteiger partial charge in [0.2, 0.25) is 0 Å². The van der Waals surface area contributed by atoms with Gasteiger partial charge in [0.25, 0.3) is 0 Å². The maximum Gasteiger partial charge on any atom is 0.163 e. The zero-order valence-corrected chi connectivity index (χ0v) is 11.0. The summed E-state index contributed by atoms with van der Waals surface area (Å²) >= 11 is 0. The quantitative estimate of drug-likeness (QED) is 0.642. The summed E-state index contributed by atoms with van der Waals surface area (Å²) in [5, 5.41) is 0. The lowest BCUT2D eigenvalue weighted by atomic mass is 10.1.